The van der Waals surface area contributed by atoms with Crippen molar-refractivity contribution in [1.82, 2.24) is 39.6 Å². The Labute approximate surface area is 231 Å². The van der Waals surface area contributed by atoms with Crippen LogP contribution in [0.3, 0.4) is 0 Å². The van der Waals surface area contributed by atoms with Crippen LogP contribution in [0.4, 0.5) is 10.7 Å². The molecule has 0 unspecified atom stereocenters. The van der Waals surface area contributed by atoms with Gasteiger partial charge < -0.3 is 20.3 Å². The Kier molecular flexibility index (Phi) is 6.57. The van der Waals surface area contributed by atoms with Crippen molar-refractivity contribution in [2.75, 3.05) is 25.0 Å². The van der Waals surface area contributed by atoms with E-state index < -0.39 is 12.1 Å². The lowest BCUT2D eigenvalue weighted by molar-refractivity contribution is -0.121. The van der Waals surface area contributed by atoms with Gasteiger partial charge in [0, 0.05) is 36.2 Å². The summed E-state index contributed by atoms with van der Waals surface area (Å²) in [5.41, 5.74) is 2.85. The highest BCUT2D eigenvalue weighted by Gasteiger charge is 2.30. The van der Waals surface area contributed by atoms with Crippen molar-refractivity contribution in [3.8, 4) is 11.4 Å². The molecule has 3 aromatic heterocycles. The van der Waals surface area contributed by atoms with Crippen LogP contribution in [0.25, 0.3) is 27.9 Å². The summed E-state index contributed by atoms with van der Waals surface area (Å²) in [6.45, 7) is 0.851. The second-order valence-corrected chi connectivity index (χ2v) is 9.97. The molecule has 0 radical (unpaired) electrons. The third-order valence-electron chi connectivity index (χ3n) is 6.38. The summed E-state index contributed by atoms with van der Waals surface area (Å²) in [4.78, 5) is 37.0. The predicted octanol–water partition coefficient (Wildman–Crippen LogP) is 2.99. The van der Waals surface area contributed by atoms with Gasteiger partial charge in [-0.3, -0.25) is 9.48 Å². The predicted molar refractivity (Wildman–Crippen MR) is 147 cm³/mol. The highest BCUT2D eigenvalue weighted by molar-refractivity contribution is 9.10. The van der Waals surface area contributed by atoms with Crippen LogP contribution in [-0.2, 0) is 23.2 Å². The molecule has 1 fully saturated rings. The van der Waals surface area contributed by atoms with Crippen molar-refractivity contribution in [2.45, 2.75) is 12.6 Å². The topological polar surface area (TPSA) is 132 Å². The molecule has 1 aliphatic heterocycles. The molecule has 2 N–H and O–H groups in total. The Morgan fingerprint density at radius 1 is 1.18 bits per heavy atom. The smallest absolute Gasteiger partial charge is 0.410 e. The zero-order chi connectivity index (χ0) is 26.9. The first-order valence-electron chi connectivity index (χ1n) is 12.3. The minimum Gasteiger partial charge on any atom is -0.445 e. The van der Waals surface area contributed by atoms with Gasteiger partial charge in [0.1, 0.15) is 12.6 Å². The van der Waals surface area contributed by atoms with Gasteiger partial charge in [-0.15, -0.1) is 5.10 Å². The van der Waals surface area contributed by atoms with E-state index in [0.717, 1.165) is 21.0 Å². The number of carbonyl (C=O) groups is 2. The summed E-state index contributed by atoms with van der Waals surface area (Å²) in [5.74, 6) is 0.520. The van der Waals surface area contributed by atoms with Crippen molar-refractivity contribution in [3.05, 3.63) is 71.0 Å². The average Bonchev–Trinajstić information content (AvgIpc) is 3.54. The van der Waals surface area contributed by atoms with Gasteiger partial charge in [0.2, 0.25) is 11.9 Å². The van der Waals surface area contributed by atoms with Crippen molar-refractivity contribution in [2.24, 2.45) is 7.05 Å². The van der Waals surface area contributed by atoms with E-state index in [0.29, 0.717) is 36.0 Å². The average molecular weight is 590 g/mol. The minimum atomic E-state index is -0.807. The van der Waals surface area contributed by atoms with Crippen LogP contribution in [-0.4, -0.2) is 71.9 Å². The molecule has 2 amide bonds. The lowest BCUT2D eigenvalue weighted by Crippen LogP contribution is -2.44. The summed E-state index contributed by atoms with van der Waals surface area (Å²) < 4.78 is 9.54. The van der Waals surface area contributed by atoms with E-state index in [2.05, 4.69) is 36.8 Å². The van der Waals surface area contributed by atoms with Gasteiger partial charge in [0.25, 0.3) is 0 Å². The molecular weight excluding hydrogens is 566 g/mol. The molecule has 4 heterocycles. The fourth-order valence-corrected chi connectivity index (χ4v) is 4.88. The third-order valence-corrected chi connectivity index (χ3v) is 7.02. The number of hydrogen-bond donors (Lipinski definition) is 2. The molecule has 0 bridgehead atoms. The summed E-state index contributed by atoms with van der Waals surface area (Å²) in [7, 11) is 1.82. The van der Waals surface area contributed by atoms with Gasteiger partial charge in [-0.2, -0.15) is 9.61 Å². The number of fused-ring (bicyclic) bond motifs is 3. The fraction of sp³-hybridized carbons (Fsp3) is 0.231. The number of nitrogens with one attached hydrogen (secondary N) is 2. The quantitative estimate of drug-likeness (QED) is 0.320. The molecule has 0 aliphatic carbocycles. The second-order valence-electron chi connectivity index (χ2n) is 9.12. The Bertz CT molecular complexity index is 1680. The van der Waals surface area contributed by atoms with Gasteiger partial charge in [-0.25, -0.2) is 14.8 Å². The highest BCUT2D eigenvalue weighted by Crippen LogP contribution is 2.29. The monoisotopic (exact) mass is 589 g/mol. The van der Waals surface area contributed by atoms with Crippen molar-refractivity contribution in [3.63, 3.8) is 0 Å². The normalized spacial score (nSPS) is 15.8. The fourth-order valence-electron chi connectivity index (χ4n) is 4.42. The van der Waals surface area contributed by atoms with Gasteiger partial charge >= 0.3 is 6.09 Å². The standard InChI is InChI=1S/C26H24BrN9O3/c1-34-13-17(12-29-34)22-32-23-18-8-5-9-19(27)21(18)31-25(36(23)33-22)30-20-14-35(11-10-28-24(20)37)26(38)39-15-16-6-3-2-4-7-16/h2-9,12-13,20H,10-11,14-15H2,1H3,(H,28,37)(H,30,31)/t20-/m0/s1. The van der Waals surface area contributed by atoms with E-state index in [1.54, 1.807) is 15.4 Å². The van der Waals surface area contributed by atoms with Gasteiger partial charge in [-0.05, 0) is 33.6 Å². The molecule has 1 atom stereocenters. The maximum Gasteiger partial charge on any atom is 0.410 e. The second kappa shape index (κ2) is 10.3. The number of benzene rings is 2. The lowest BCUT2D eigenvalue weighted by atomic mass is 10.2. The molecule has 2 aromatic carbocycles. The number of halogens is 1. The van der Waals surface area contributed by atoms with Crippen LogP contribution in [0.15, 0.2) is 65.4 Å². The summed E-state index contributed by atoms with van der Waals surface area (Å²) in [6, 6.07) is 14.3. The van der Waals surface area contributed by atoms with Crippen LogP contribution in [0.5, 0.6) is 0 Å². The van der Waals surface area contributed by atoms with Gasteiger partial charge in [0.05, 0.1) is 23.8 Å². The van der Waals surface area contributed by atoms with E-state index in [1.165, 1.54) is 4.90 Å². The first kappa shape index (κ1) is 24.8. The summed E-state index contributed by atoms with van der Waals surface area (Å²) in [5, 5.41) is 15.8. The van der Waals surface area contributed by atoms with Gasteiger partial charge in [-0.1, -0.05) is 36.4 Å². The molecule has 39 heavy (non-hydrogen) atoms. The number of nitrogens with zero attached hydrogens (tertiary/aromatic N) is 7. The number of aryl methyl sites for hydroxylation is 1. The Morgan fingerprint density at radius 3 is 2.82 bits per heavy atom. The van der Waals surface area contributed by atoms with E-state index in [4.69, 9.17) is 14.7 Å². The van der Waals surface area contributed by atoms with E-state index in [9.17, 15) is 9.59 Å². The minimum absolute atomic E-state index is 0.0841. The van der Waals surface area contributed by atoms with E-state index in [-0.39, 0.29) is 19.1 Å². The maximum atomic E-state index is 13.0. The summed E-state index contributed by atoms with van der Waals surface area (Å²) in [6.07, 6.45) is 3.01. The first-order valence-corrected chi connectivity index (χ1v) is 13.1. The Hall–Kier alpha value is -4.52. The molecule has 12 nitrogen and oxygen atoms in total. The van der Waals surface area contributed by atoms with E-state index >= 15 is 0 Å². The molecule has 5 aromatic rings. The number of amides is 2. The first-order chi connectivity index (χ1) is 19.0. The maximum absolute atomic E-state index is 13.0. The number of ether oxygens (including phenoxy) is 1. The molecule has 13 heteroatoms. The number of anilines is 1. The number of hydrogen-bond acceptors (Lipinski definition) is 8. The van der Waals surface area contributed by atoms with Crippen LogP contribution < -0.4 is 10.6 Å². The van der Waals surface area contributed by atoms with E-state index in [1.807, 2.05) is 61.8 Å². The zero-order valence-corrected chi connectivity index (χ0v) is 22.5. The molecule has 1 saturated heterocycles. The number of carbonyl (C=O) groups excluding carboxylic acids is 2. The number of aromatic nitrogens is 6. The molecule has 0 saturated carbocycles. The Morgan fingerprint density at radius 2 is 2.03 bits per heavy atom. The zero-order valence-electron chi connectivity index (χ0n) is 20.9. The van der Waals surface area contributed by atoms with Crippen molar-refractivity contribution < 1.29 is 14.3 Å². The molecule has 0 spiro atoms. The third kappa shape index (κ3) is 5.00. The van der Waals surface area contributed by atoms with Crippen LogP contribution in [0, 0.1) is 0 Å². The molecular formula is C26H24BrN9O3. The molecule has 1 aliphatic rings. The highest BCUT2D eigenvalue weighted by atomic mass is 79.9. The molecule has 6 rings (SSSR count). The SMILES string of the molecule is Cn1cc(-c2nc3c4cccc(Br)c4nc(N[C@H]4CN(C(=O)OCc5ccccc5)CCNC4=O)n3n2)cn1. The lowest BCUT2D eigenvalue weighted by Gasteiger charge is -2.23. The summed E-state index contributed by atoms with van der Waals surface area (Å²) >= 11 is 3.58. The molecule has 198 valence electrons. The van der Waals surface area contributed by atoms with Crippen molar-refractivity contribution in [1.29, 1.82) is 0 Å². The van der Waals surface area contributed by atoms with Crippen LogP contribution in [0.1, 0.15) is 5.56 Å². The largest absolute Gasteiger partial charge is 0.445 e. The van der Waals surface area contributed by atoms with Crippen LogP contribution in [0.2, 0.25) is 0 Å². The Balaban J connectivity index is 1.32. The van der Waals surface area contributed by atoms with Crippen molar-refractivity contribution >= 4 is 50.4 Å². The van der Waals surface area contributed by atoms with Crippen LogP contribution >= 0.6 is 15.9 Å². The number of rotatable bonds is 5. The van der Waals surface area contributed by atoms with Gasteiger partial charge in [0.15, 0.2) is 11.5 Å². The number of para-hydroxylation sites is 1.